The van der Waals surface area contributed by atoms with Gasteiger partial charge in [0.2, 0.25) is 0 Å². The summed E-state index contributed by atoms with van der Waals surface area (Å²) in [4.78, 5) is 0. The molecule has 1 heterocycles. The van der Waals surface area contributed by atoms with E-state index >= 15 is 0 Å². The first kappa shape index (κ1) is 16.3. The van der Waals surface area contributed by atoms with E-state index in [9.17, 15) is 0 Å². The highest BCUT2D eigenvalue weighted by Gasteiger charge is 2.23. The summed E-state index contributed by atoms with van der Waals surface area (Å²) >= 11 is 0. The van der Waals surface area contributed by atoms with Crippen molar-refractivity contribution in [1.29, 1.82) is 0 Å². The molecule has 0 aliphatic carbocycles. The second-order valence-electron chi connectivity index (χ2n) is 5.66. The molecule has 0 N–H and O–H groups in total. The zero-order chi connectivity index (χ0) is 14.9. The van der Waals surface area contributed by atoms with E-state index in [2.05, 4.69) is 13.8 Å². The first-order chi connectivity index (χ1) is 10.3. The maximum Gasteiger partial charge on any atom is 0.184 e. The van der Waals surface area contributed by atoms with Gasteiger partial charge in [0.1, 0.15) is 5.75 Å². The molecule has 21 heavy (non-hydrogen) atoms. The van der Waals surface area contributed by atoms with Gasteiger partial charge in [0.15, 0.2) is 6.29 Å². The lowest BCUT2D eigenvalue weighted by molar-refractivity contribution is -0.218. The van der Waals surface area contributed by atoms with E-state index in [0.717, 1.165) is 50.2 Å². The Morgan fingerprint density at radius 3 is 2.57 bits per heavy atom. The molecule has 0 spiro atoms. The topological polar surface area (TPSA) is 27.7 Å². The van der Waals surface area contributed by atoms with Crippen LogP contribution in [0.1, 0.15) is 64.2 Å². The fourth-order valence-electron chi connectivity index (χ4n) is 2.46. The molecule has 0 aromatic heterocycles. The van der Waals surface area contributed by atoms with Gasteiger partial charge in [0.05, 0.1) is 19.3 Å². The van der Waals surface area contributed by atoms with Crippen LogP contribution in [0.5, 0.6) is 5.75 Å². The number of benzene rings is 1. The fraction of sp³-hybridized carbons (Fsp3) is 0.667. The van der Waals surface area contributed by atoms with Crippen molar-refractivity contribution in [2.45, 2.75) is 64.8 Å². The molecule has 3 heteroatoms. The van der Waals surface area contributed by atoms with Gasteiger partial charge in [0.25, 0.3) is 0 Å². The second-order valence-corrected chi connectivity index (χ2v) is 5.66. The molecule has 1 aliphatic rings. The molecule has 0 bridgehead atoms. The van der Waals surface area contributed by atoms with Crippen LogP contribution in [-0.4, -0.2) is 19.3 Å². The fourth-order valence-corrected chi connectivity index (χ4v) is 2.46. The molecule has 1 aromatic rings. The monoisotopic (exact) mass is 292 g/mol. The number of unbranched alkanes of at least 4 members (excludes halogenated alkanes) is 2. The van der Waals surface area contributed by atoms with Crippen LogP contribution in [0.2, 0.25) is 0 Å². The Morgan fingerprint density at radius 2 is 1.86 bits per heavy atom. The average Bonchev–Trinajstić information content (AvgIpc) is 2.54. The minimum atomic E-state index is -0.217. The zero-order valence-electron chi connectivity index (χ0n) is 13.3. The van der Waals surface area contributed by atoms with Crippen LogP contribution in [0.3, 0.4) is 0 Å². The number of ether oxygens (including phenoxy) is 3. The van der Waals surface area contributed by atoms with Crippen molar-refractivity contribution in [3.8, 4) is 5.75 Å². The van der Waals surface area contributed by atoms with E-state index in [0.29, 0.717) is 6.10 Å². The summed E-state index contributed by atoms with van der Waals surface area (Å²) in [6.07, 6.45) is 6.95. The Balaban J connectivity index is 1.85. The van der Waals surface area contributed by atoms with Gasteiger partial charge in [-0.25, -0.2) is 0 Å². The van der Waals surface area contributed by atoms with E-state index < -0.39 is 0 Å². The molecule has 1 fully saturated rings. The van der Waals surface area contributed by atoms with Crippen LogP contribution in [0.25, 0.3) is 0 Å². The SMILES string of the molecule is CCCCOc1ccc(C2OCCC(CCCC)O2)cc1. The van der Waals surface area contributed by atoms with Crippen LogP contribution in [0.15, 0.2) is 24.3 Å². The van der Waals surface area contributed by atoms with E-state index in [4.69, 9.17) is 14.2 Å². The molecule has 0 amide bonds. The van der Waals surface area contributed by atoms with Gasteiger partial charge in [-0.05, 0) is 31.4 Å². The van der Waals surface area contributed by atoms with Crippen molar-refractivity contribution in [2.24, 2.45) is 0 Å². The van der Waals surface area contributed by atoms with Gasteiger partial charge in [-0.3, -0.25) is 0 Å². The standard InChI is InChI=1S/C18H28O3/c1-3-5-7-17-12-14-20-18(21-17)15-8-10-16(11-9-15)19-13-6-4-2/h8-11,17-18H,3-7,12-14H2,1-2H3. The molecule has 1 aromatic carbocycles. The molecule has 2 atom stereocenters. The van der Waals surface area contributed by atoms with E-state index in [1.54, 1.807) is 0 Å². The maximum atomic E-state index is 6.05. The minimum absolute atomic E-state index is 0.217. The molecule has 118 valence electrons. The van der Waals surface area contributed by atoms with E-state index in [1.165, 1.54) is 12.8 Å². The van der Waals surface area contributed by atoms with Crippen LogP contribution in [0, 0.1) is 0 Å². The van der Waals surface area contributed by atoms with Crippen molar-refractivity contribution in [3.05, 3.63) is 29.8 Å². The van der Waals surface area contributed by atoms with Gasteiger partial charge in [-0.15, -0.1) is 0 Å². The third-order valence-corrected chi connectivity index (χ3v) is 3.82. The highest BCUT2D eigenvalue weighted by atomic mass is 16.7. The largest absolute Gasteiger partial charge is 0.494 e. The number of hydrogen-bond acceptors (Lipinski definition) is 3. The summed E-state index contributed by atoms with van der Waals surface area (Å²) in [5, 5.41) is 0. The predicted molar refractivity (Wildman–Crippen MR) is 84.6 cm³/mol. The van der Waals surface area contributed by atoms with E-state index in [1.807, 2.05) is 24.3 Å². The van der Waals surface area contributed by atoms with Gasteiger partial charge in [-0.1, -0.05) is 45.2 Å². The number of rotatable bonds is 8. The first-order valence-electron chi connectivity index (χ1n) is 8.33. The lowest BCUT2D eigenvalue weighted by Gasteiger charge is -2.30. The first-order valence-corrected chi connectivity index (χ1v) is 8.33. The third-order valence-electron chi connectivity index (χ3n) is 3.82. The Kier molecular flexibility index (Phi) is 7.04. The molecule has 1 saturated heterocycles. The molecule has 0 radical (unpaired) electrons. The summed E-state index contributed by atoms with van der Waals surface area (Å²) in [6.45, 7) is 5.95. The van der Waals surface area contributed by atoms with Gasteiger partial charge < -0.3 is 14.2 Å². The van der Waals surface area contributed by atoms with Crippen LogP contribution >= 0.6 is 0 Å². The van der Waals surface area contributed by atoms with Crippen LogP contribution < -0.4 is 4.74 Å². The Labute approximate surface area is 128 Å². The quantitative estimate of drug-likeness (QED) is 0.640. The van der Waals surface area contributed by atoms with Crippen LogP contribution in [-0.2, 0) is 9.47 Å². The summed E-state index contributed by atoms with van der Waals surface area (Å²) in [7, 11) is 0. The predicted octanol–water partition coefficient (Wildman–Crippen LogP) is 4.86. The van der Waals surface area contributed by atoms with Gasteiger partial charge >= 0.3 is 0 Å². The second kappa shape index (κ2) is 9.06. The lowest BCUT2D eigenvalue weighted by atomic mass is 10.1. The van der Waals surface area contributed by atoms with Crippen molar-refractivity contribution < 1.29 is 14.2 Å². The molecule has 1 aliphatic heterocycles. The van der Waals surface area contributed by atoms with Crippen LogP contribution in [0.4, 0.5) is 0 Å². The maximum absolute atomic E-state index is 6.05. The summed E-state index contributed by atoms with van der Waals surface area (Å²) < 4.78 is 17.5. The van der Waals surface area contributed by atoms with E-state index in [-0.39, 0.29) is 6.29 Å². The molecular weight excluding hydrogens is 264 g/mol. The molecule has 2 rings (SSSR count). The zero-order valence-corrected chi connectivity index (χ0v) is 13.3. The molecule has 2 unspecified atom stereocenters. The van der Waals surface area contributed by atoms with Crippen molar-refractivity contribution >= 4 is 0 Å². The highest BCUT2D eigenvalue weighted by Crippen LogP contribution is 2.29. The Bertz CT molecular complexity index is 388. The van der Waals surface area contributed by atoms with Crippen molar-refractivity contribution in [2.75, 3.05) is 13.2 Å². The van der Waals surface area contributed by atoms with Gasteiger partial charge in [-0.2, -0.15) is 0 Å². The minimum Gasteiger partial charge on any atom is -0.494 e. The molecule has 0 saturated carbocycles. The summed E-state index contributed by atoms with van der Waals surface area (Å²) in [6, 6.07) is 8.11. The molecule has 3 nitrogen and oxygen atoms in total. The summed E-state index contributed by atoms with van der Waals surface area (Å²) in [5.41, 5.74) is 1.08. The Morgan fingerprint density at radius 1 is 1.10 bits per heavy atom. The highest BCUT2D eigenvalue weighted by molar-refractivity contribution is 5.28. The van der Waals surface area contributed by atoms with Crippen molar-refractivity contribution in [3.63, 3.8) is 0 Å². The third kappa shape index (κ3) is 5.33. The smallest absolute Gasteiger partial charge is 0.184 e. The number of hydrogen-bond donors (Lipinski definition) is 0. The van der Waals surface area contributed by atoms with Gasteiger partial charge in [0, 0.05) is 5.56 Å². The molecular formula is C18H28O3. The lowest BCUT2D eigenvalue weighted by Crippen LogP contribution is -2.26. The Hall–Kier alpha value is -1.06. The average molecular weight is 292 g/mol. The normalized spacial score (nSPS) is 22.2. The van der Waals surface area contributed by atoms with Crippen molar-refractivity contribution in [1.82, 2.24) is 0 Å². The summed E-state index contributed by atoms with van der Waals surface area (Å²) in [5.74, 6) is 0.922.